The van der Waals surface area contributed by atoms with Gasteiger partial charge in [0.1, 0.15) is 17.9 Å². The van der Waals surface area contributed by atoms with Crippen LogP contribution in [0.25, 0.3) is 11.5 Å². The van der Waals surface area contributed by atoms with Crippen LogP contribution in [0.1, 0.15) is 44.9 Å². The van der Waals surface area contributed by atoms with Crippen LogP contribution in [0.4, 0.5) is 9.18 Å². The molecule has 31 heavy (non-hydrogen) atoms. The Morgan fingerprint density at radius 2 is 2.00 bits per heavy atom. The fourth-order valence-corrected chi connectivity index (χ4v) is 4.08. The van der Waals surface area contributed by atoms with Crippen molar-refractivity contribution in [1.29, 1.82) is 0 Å². The van der Waals surface area contributed by atoms with Crippen LogP contribution in [0.5, 0.6) is 0 Å². The summed E-state index contributed by atoms with van der Waals surface area (Å²) in [5.41, 5.74) is -0.380. The molecule has 0 bridgehead atoms. The Hall–Kier alpha value is -3.30. The second kappa shape index (κ2) is 8.44. The van der Waals surface area contributed by atoms with Crippen LogP contribution in [-0.4, -0.2) is 45.0 Å². The van der Waals surface area contributed by atoms with Gasteiger partial charge in [-0.1, -0.05) is 18.5 Å². The third kappa shape index (κ3) is 4.28. The molecule has 2 fully saturated rings. The molecule has 1 N–H and O–H groups in total. The van der Waals surface area contributed by atoms with Gasteiger partial charge in [-0.15, -0.1) is 0 Å². The first kappa shape index (κ1) is 21.0. The van der Waals surface area contributed by atoms with E-state index in [-0.39, 0.29) is 24.2 Å². The number of esters is 1. The largest absolute Gasteiger partial charge is 0.456 e. The molecule has 1 aromatic carbocycles. The zero-order chi connectivity index (χ0) is 22.0. The van der Waals surface area contributed by atoms with E-state index in [4.69, 9.17) is 9.26 Å². The van der Waals surface area contributed by atoms with Gasteiger partial charge in [0, 0.05) is 5.56 Å². The van der Waals surface area contributed by atoms with E-state index in [9.17, 15) is 18.8 Å². The van der Waals surface area contributed by atoms with Gasteiger partial charge in [0.2, 0.25) is 5.82 Å². The monoisotopic (exact) mass is 430 g/mol. The fraction of sp³-hybridized carbons (Fsp3) is 0.476. The van der Waals surface area contributed by atoms with Crippen LogP contribution in [0.2, 0.25) is 0 Å². The van der Waals surface area contributed by atoms with Crippen molar-refractivity contribution >= 4 is 17.9 Å². The maximum atomic E-state index is 13.0. The summed E-state index contributed by atoms with van der Waals surface area (Å²) in [6.45, 7) is 1.36. The molecule has 0 atom stereocenters. The highest BCUT2D eigenvalue weighted by Gasteiger charge is 2.52. The minimum Gasteiger partial charge on any atom is -0.456 e. The number of amides is 3. The first-order chi connectivity index (χ1) is 14.9. The SMILES string of the molecule is CCC1CCC2(CC1)NC(=O)N(CC(=O)OCc1noc(-c3ccc(F)cc3)n1)C2=O. The summed E-state index contributed by atoms with van der Waals surface area (Å²) in [7, 11) is 0. The summed E-state index contributed by atoms with van der Waals surface area (Å²) >= 11 is 0. The van der Waals surface area contributed by atoms with E-state index in [1.807, 2.05) is 0 Å². The average Bonchev–Trinajstić information content (AvgIpc) is 3.33. The van der Waals surface area contributed by atoms with Crippen LogP contribution < -0.4 is 5.32 Å². The third-order valence-electron chi connectivity index (χ3n) is 5.99. The standard InChI is InChI=1S/C21H23FN4O5/c1-2-13-7-9-21(10-8-13)19(28)26(20(29)24-21)11-17(27)30-12-16-23-18(31-25-16)14-3-5-15(22)6-4-14/h3-6,13H,2,7-12H2,1H3,(H,24,29). The number of ether oxygens (including phenoxy) is 1. The van der Waals surface area contributed by atoms with E-state index in [1.165, 1.54) is 24.3 Å². The Morgan fingerprint density at radius 1 is 1.29 bits per heavy atom. The Balaban J connectivity index is 1.31. The number of hydrogen-bond donors (Lipinski definition) is 1. The van der Waals surface area contributed by atoms with Crippen molar-refractivity contribution < 1.29 is 28.0 Å². The van der Waals surface area contributed by atoms with Gasteiger partial charge in [-0.05, 0) is 55.9 Å². The molecule has 4 rings (SSSR count). The topological polar surface area (TPSA) is 115 Å². The number of urea groups is 1. The number of halogens is 1. The summed E-state index contributed by atoms with van der Waals surface area (Å²) in [6, 6.07) is 4.92. The number of rotatable bonds is 6. The minimum atomic E-state index is -0.902. The van der Waals surface area contributed by atoms with Gasteiger partial charge >= 0.3 is 12.0 Å². The molecule has 1 saturated heterocycles. The molecule has 2 heterocycles. The molecule has 0 radical (unpaired) electrons. The summed E-state index contributed by atoms with van der Waals surface area (Å²) in [6.07, 6.45) is 3.95. The van der Waals surface area contributed by atoms with E-state index >= 15 is 0 Å². The van der Waals surface area contributed by atoms with Gasteiger partial charge < -0.3 is 14.6 Å². The number of aromatic nitrogens is 2. The molecule has 164 valence electrons. The van der Waals surface area contributed by atoms with Crippen molar-refractivity contribution in [1.82, 2.24) is 20.4 Å². The van der Waals surface area contributed by atoms with Crippen LogP contribution >= 0.6 is 0 Å². The summed E-state index contributed by atoms with van der Waals surface area (Å²) < 4.78 is 23.2. The van der Waals surface area contributed by atoms with Gasteiger partial charge in [-0.25, -0.2) is 9.18 Å². The number of carbonyl (C=O) groups excluding carboxylic acids is 3. The molecule has 1 spiro atoms. The molecule has 1 aliphatic carbocycles. The first-order valence-corrected chi connectivity index (χ1v) is 10.3. The molecule has 2 aliphatic rings. The van der Waals surface area contributed by atoms with Gasteiger partial charge in [0.15, 0.2) is 6.61 Å². The fourth-order valence-electron chi connectivity index (χ4n) is 4.08. The van der Waals surface area contributed by atoms with Gasteiger partial charge in [-0.2, -0.15) is 4.98 Å². The normalized spacial score (nSPS) is 23.3. The zero-order valence-electron chi connectivity index (χ0n) is 17.1. The molecule has 1 aromatic heterocycles. The molecular formula is C21H23FN4O5. The highest BCUT2D eigenvalue weighted by atomic mass is 19.1. The summed E-state index contributed by atoms with van der Waals surface area (Å²) in [5.74, 6) is -0.690. The number of nitrogens with one attached hydrogen (secondary N) is 1. The number of carbonyl (C=O) groups is 3. The van der Waals surface area contributed by atoms with Crippen molar-refractivity contribution in [2.45, 2.75) is 51.2 Å². The van der Waals surface area contributed by atoms with E-state index in [0.717, 1.165) is 24.2 Å². The van der Waals surface area contributed by atoms with Crippen LogP contribution in [0.3, 0.4) is 0 Å². The van der Waals surface area contributed by atoms with Crippen LogP contribution in [0.15, 0.2) is 28.8 Å². The Labute approximate surface area is 177 Å². The second-order valence-corrected chi connectivity index (χ2v) is 7.94. The predicted octanol–water partition coefficient (Wildman–Crippen LogP) is 2.81. The van der Waals surface area contributed by atoms with E-state index < -0.39 is 29.9 Å². The lowest BCUT2D eigenvalue weighted by molar-refractivity contribution is -0.149. The summed E-state index contributed by atoms with van der Waals surface area (Å²) in [4.78, 5) is 42.4. The lowest BCUT2D eigenvalue weighted by atomic mass is 9.75. The Bertz CT molecular complexity index is 982. The zero-order valence-corrected chi connectivity index (χ0v) is 17.1. The van der Waals surface area contributed by atoms with E-state index in [0.29, 0.717) is 24.3 Å². The van der Waals surface area contributed by atoms with Crippen LogP contribution in [0, 0.1) is 11.7 Å². The highest BCUT2D eigenvalue weighted by Crippen LogP contribution is 2.37. The van der Waals surface area contributed by atoms with E-state index in [1.54, 1.807) is 0 Å². The number of imide groups is 1. The van der Waals surface area contributed by atoms with Crippen molar-refractivity contribution in [3.63, 3.8) is 0 Å². The van der Waals surface area contributed by atoms with Gasteiger partial charge in [-0.3, -0.25) is 14.5 Å². The molecule has 10 heteroatoms. The molecule has 1 aliphatic heterocycles. The van der Waals surface area contributed by atoms with Crippen molar-refractivity contribution in [3.8, 4) is 11.5 Å². The lowest BCUT2D eigenvalue weighted by Crippen LogP contribution is -2.49. The minimum absolute atomic E-state index is 0.110. The smallest absolute Gasteiger partial charge is 0.326 e. The molecule has 2 aromatic rings. The quantitative estimate of drug-likeness (QED) is 0.553. The number of hydrogen-bond acceptors (Lipinski definition) is 7. The van der Waals surface area contributed by atoms with Crippen molar-refractivity contribution in [2.24, 2.45) is 5.92 Å². The Kier molecular flexibility index (Phi) is 5.71. The maximum absolute atomic E-state index is 13.0. The highest BCUT2D eigenvalue weighted by molar-refractivity contribution is 6.08. The molecule has 9 nitrogen and oxygen atoms in total. The maximum Gasteiger partial charge on any atom is 0.326 e. The van der Waals surface area contributed by atoms with Crippen LogP contribution in [-0.2, 0) is 20.9 Å². The number of nitrogens with zero attached hydrogens (tertiary/aromatic N) is 3. The second-order valence-electron chi connectivity index (χ2n) is 7.94. The van der Waals surface area contributed by atoms with Gasteiger partial charge in [0.05, 0.1) is 0 Å². The van der Waals surface area contributed by atoms with Crippen molar-refractivity contribution in [3.05, 3.63) is 35.9 Å². The average molecular weight is 430 g/mol. The summed E-state index contributed by atoms with van der Waals surface area (Å²) in [5, 5.41) is 6.50. The third-order valence-corrected chi connectivity index (χ3v) is 5.99. The lowest BCUT2D eigenvalue weighted by Gasteiger charge is -2.34. The molecule has 0 unspecified atom stereocenters. The van der Waals surface area contributed by atoms with Gasteiger partial charge in [0.25, 0.3) is 11.8 Å². The molecule has 1 saturated carbocycles. The van der Waals surface area contributed by atoms with Crippen molar-refractivity contribution in [2.75, 3.05) is 6.54 Å². The molecule has 3 amide bonds. The van der Waals surface area contributed by atoms with E-state index in [2.05, 4.69) is 22.4 Å². The number of benzene rings is 1. The predicted molar refractivity (Wildman–Crippen MR) is 105 cm³/mol. The molecular weight excluding hydrogens is 407 g/mol. The first-order valence-electron chi connectivity index (χ1n) is 10.3. The Morgan fingerprint density at radius 3 is 2.68 bits per heavy atom.